The molecule has 32 heavy (non-hydrogen) atoms. The zero-order valence-electron chi connectivity index (χ0n) is 16.6. The molecule has 0 spiro atoms. The molecule has 166 valence electrons. The van der Waals surface area contributed by atoms with Crippen molar-refractivity contribution in [1.29, 1.82) is 0 Å². The number of aromatic nitrogens is 2. The normalized spacial score (nSPS) is 12.6. The van der Waals surface area contributed by atoms with Gasteiger partial charge in [-0.05, 0) is 36.1 Å². The molecule has 0 saturated carbocycles. The lowest BCUT2D eigenvalue weighted by atomic mass is 10.1. The SMILES string of the molecule is CC(NC(=O)Cn1cnc2scc(-c3cccs3)c2c1=O)c1ccc(OC(F)(F)F)cc1. The number of nitrogens with one attached hydrogen (secondary N) is 1. The topological polar surface area (TPSA) is 73.2 Å². The van der Waals surface area contributed by atoms with Gasteiger partial charge in [-0.1, -0.05) is 18.2 Å². The Morgan fingerprint density at radius 2 is 1.97 bits per heavy atom. The maximum atomic E-state index is 13.0. The molecule has 0 aliphatic carbocycles. The number of hydrogen-bond donors (Lipinski definition) is 1. The molecule has 0 fully saturated rings. The molecule has 0 saturated heterocycles. The zero-order valence-corrected chi connectivity index (χ0v) is 18.2. The Morgan fingerprint density at radius 3 is 2.62 bits per heavy atom. The quantitative estimate of drug-likeness (QED) is 0.424. The second-order valence-corrected chi connectivity index (χ2v) is 8.70. The van der Waals surface area contributed by atoms with E-state index in [0.29, 0.717) is 15.8 Å². The molecule has 1 unspecified atom stereocenters. The van der Waals surface area contributed by atoms with Gasteiger partial charge in [0.25, 0.3) is 5.56 Å². The molecule has 0 radical (unpaired) electrons. The number of fused-ring (bicyclic) bond motifs is 1. The number of benzene rings is 1. The van der Waals surface area contributed by atoms with E-state index in [-0.39, 0.29) is 17.9 Å². The van der Waals surface area contributed by atoms with Crippen LogP contribution in [0.3, 0.4) is 0 Å². The van der Waals surface area contributed by atoms with Gasteiger partial charge in [0.2, 0.25) is 5.91 Å². The molecule has 0 aliphatic rings. The zero-order chi connectivity index (χ0) is 22.9. The number of nitrogens with zero attached hydrogens (tertiary/aromatic N) is 2. The average Bonchev–Trinajstić information content (AvgIpc) is 3.39. The second-order valence-electron chi connectivity index (χ2n) is 6.89. The Bertz CT molecular complexity index is 1300. The van der Waals surface area contributed by atoms with Crippen LogP contribution in [0.25, 0.3) is 20.7 Å². The lowest BCUT2D eigenvalue weighted by molar-refractivity contribution is -0.274. The van der Waals surface area contributed by atoms with Gasteiger partial charge in [-0.3, -0.25) is 14.2 Å². The predicted molar refractivity (Wildman–Crippen MR) is 117 cm³/mol. The van der Waals surface area contributed by atoms with Gasteiger partial charge in [0.15, 0.2) is 0 Å². The van der Waals surface area contributed by atoms with Crippen molar-refractivity contribution in [2.45, 2.75) is 25.9 Å². The van der Waals surface area contributed by atoms with Crippen LogP contribution in [0.1, 0.15) is 18.5 Å². The first kappa shape index (κ1) is 22.0. The van der Waals surface area contributed by atoms with Gasteiger partial charge in [0.05, 0.1) is 17.8 Å². The number of amides is 1. The Morgan fingerprint density at radius 1 is 1.22 bits per heavy atom. The monoisotopic (exact) mass is 479 g/mol. The van der Waals surface area contributed by atoms with Crippen LogP contribution in [-0.4, -0.2) is 21.8 Å². The van der Waals surface area contributed by atoms with Crippen LogP contribution in [0, 0.1) is 0 Å². The number of carbonyl (C=O) groups is 1. The summed E-state index contributed by atoms with van der Waals surface area (Å²) in [7, 11) is 0. The third-order valence-corrected chi connectivity index (χ3v) is 6.44. The highest BCUT2D eigenvalue weighted by molar-refractivity contribution is 7.18. The van der Waals surface area contributed by atoms with E-state index in [9.17, 15) is 22.8 Å². The van der Waals surface area contributed by atoms with Gasteiger partial charge < -0.3 is 10.1 Å². The summed E-state index contributed by atoms with van der Waals surface area (Å²) in [5.74, 6) is -0.771. The fourth-order valence-corrected chi connectivity index (χ4v) is 4.90. The molecule has 3 aromatic heterocycles. The summed E-state index contributed by atoms with van der Waals surface area (Å²) in [4.78, 5) is 31.4. The van der Waals surface area contributed by atoms with Crippen LogP contribution in [0.4, 0.5) is 13.2 Å². The fraction of sp³-hybridized carbons (Fsp3) is 0.190. The van der Waals surface area contributed by atoms with Gasteiger partial charge >= 0.3 is 6.36 Å². The standard InChI is InChI=1S/C21H16F3N3O3S2/c1-12(13-4-6-14(7-5-13)30-21(22,23)24)26-17(28)9-27-11-25-19-18(20(27)29)15(10-32-19)16-3-2-8-31-16/h2-8,10-12H,9H2,1H3,(H,26,28). The largest absolute Gasteiger partial charge is 0.573 e. The van der Waals surface area contributed by atoms with Crippen molar-refractivity contribution in [3.05, 3.63) is 69.4 Å². The van der Waals surface area contributed by atoms with E-state index in [1.54, 1.807) is 6.92 Å². The molecular formula is C21H16F3N3O3S2. The van der Waals surface area contributed by atoms with Crippen molar-refractivity contribution in [2.24, 2.45) is 0 Å². The third kappa shape index (κ3) is 4.83. The molecule has 4 rings (SSSR count). The van der Waals surface area contributed by atoms with E-state index in [4.69, 9.17) is 0 Å². The van der Waals surface area contributed by atoms with Gasteiger partial charge in [-0.2, -0.15) is 0 Å². The lowest BCUT2D eigenvalue weighted by Crippen LogP contribution is -2.33. The summed E-state index contributed by atoms with van der Waals surface area (Å²) in [6.45, 7) is 1.45. The van der Waals surface area contributed by atoms with Crippen molar-refractivity contribution < 1.29 is 22.7 Å². The van der Waals surface area contributed by atoms with Crippen LogP contribution >= 0.6 is 22.7 Å². The number of alkyl halides is 3. The summed E-state index contributed by atoms with van der Waals surface area (Å²) in [5, 5.41) is 7.01. The van der Waals surface area contributed by atoms with Gasteiger partial charge in [-0.25, -0.2) is 4.98 Å². The number of rotatable bonds is 6. The van der Waals surface area contributed by atoms with E-state index in [0.717, 1.165) is 10.4 Å². The summed E-state index contributed by atoms with van der Waals surface area (Å²) < 4.78 is 41.9. The summed E-state index contributed by atoms with van der Waals surface area (Å²) in [6.07, 6.45) is -3.43. The Balaban J connectivity index is 1.48. The number of ether oxygens (including phenoxy) is 1. The van der Waals surface area contributed by atoms with E-state index >= 15 is 0 Å². The minimum atomic E-state index is -4.77. The molecule has 1 aromatic carbocycles. The first-order valence-electron chi connectivity index (χ1n) is 9.37. The smallest absolute Gasteiger partial charge is 0.406 e. The maximum Gasteiger partial charge on any atom is 0.573 e. The first-order chi connectivity index (χ1) is 15.2. The molecule has 6 nitrogen and oxygen atoms in total. The van der Waals surface area contributed by atoms with Crippen LogP contribution < -0.4 is 15.6 Å². The van der Waals surface area contributed by atoms with Gasteiger partial charge in [0.1, 0.15) is 17.1 Å². The van der Waals surface area contributed by atoms with E-state index < -0.39 is 18.3 Å². The number of halogens is 3. The van der Waals surface area contributed by atoms with Crippen molar-refractivity contribution in [2.75, 3.05) is 0 Å². The van der Waals surface area contributed by atoms with Gasteiger partial charge in [-0.15, -0.1) is 35.8 Å². The molecule has 0 bridgehead atoms. The molecule has 3 heterocycles. The summed E-state index contributed by atoms with van der Waals surface area (Å²) in [6, 6.07) is 8.55. The molecule has 1 amide bonds. The number of hydrogen-bond acceptors (Lipinski definition) is 6. The molecule has 11 heteroatoms. The average molecular weight is 480 g/mol. The lowest BCUT2D eigenvalue weighted by Gasteiger charge is -2.16. The van der Waals surface area contributed by atoms with E-state index in [2.05, 4.69) is 15.0 Å². The van der Waals surface area contributed by atoms with Crippen molar-refractivity contribution >= 4 is 38.8 Å². The predicted octanol–water partition coefficient (Wildman–Crippen LogP) is 4.96. The molecule has 1 atom stereocenters. The first-order valence-corrected chi connectivity index (χ1v) is 11.1. The molecule has 0 aliphatic heterocycles. The Labute approximate surface area is 187 Å². The third-order valence-electron chi connectivity index (χ3n) is 4.65. The van der Waals surface area contributed by atoms with Crippen molar-refractivity contribution in [1.82, 2.24) is 14.9 Å². The minimum absolute atomic E-state index is 0.235. The molecule has 1 N–H and O–H groups in total. The minimum Gasteiger partial charge on any atom is -0.406 e. The molecular weight excluding hydrogens is 463 g/mol. The fourth-order valence-electron chi connectivity index (χ4n) is 3.18. The number of carbonyl (C=O) groups excluding carboxylic acids is 1. The maximum absolute atomic E-state index is 13.0. The van der Waals surface area contributed by atoms with Gasteiger partial charge in [0, 0.05) is 15.8 Å². The summed E-state index contributed by atoms with van der Waals surface area (Å²) >= 11 is 2.88. The van der Waals surface area contributed by atoms with E-state index in [1.807, 2.05) is 22.9 Å². The highest BCUT2D eigenvalue weighted by atomic mass is 32.1. The highest BCUT2D eigenvalue weighted by Gasteiger charge is 2.31. The Kier molecular flexibility index (Phi) is 6.02. The second kappa shape index (κ2) is 8.75. The van der Waals surface area contributed by atoms with E-state index in [1.165, 1.54) is 57.8 Å². The van der Waals surface area contributed by atoms with Crippen molar-refractivity contribution in [3.63, 3.8) is 0 Å². The van der Waals surface area contributed by atoms with Crippen LogP contribution in [0.2, 0.25) is 0 Å². The highest BCUT2D eigenvalue weighted by Crippen LogP contribution is 2.33. The molecule has 4 aromatic rings. The summed E-state index contributed by atoms with van der Waals surface area (Å²) in [5.41, 5.74) is 1.07. The van der Waals surface area contributed by atoms with Crippen LogP contribution in [0.15, 0.2) is 58.3 Å². The Hall–Kier alpha value is -3.18. The van der Waals surface area contributed by atoms with Crippen molar-refractivity contribution in [3.8, 4) is 16.2 Å². The number of thiophene rings is 2. The van der Waals surface area contributed by atoms with Crippen LogP contribution in [-0.2, 0) is 11.3 Å². The van der Waals surface area contributed by atoms with Crippen LogP contribution in [0.5, 0.6) is 5.75 Å².